The zero-order chi connectivity index (χ0) is 15.8. The second kappa shape index (κ2) is 15.5. The predicted octanol–water partition coefficient (Wildman–Crippen LogP) is 1.53. The summed E-state index contributed by atoms with van der Waals surface area (Å²) in [7, 11) is 0. The molecule has 0 aromatic rings. The molecular formula is C15H32N2O4. The van der Waals surface area contributed by atoms with Crippen LogP contribution in [0.5, 0.6) is 0 Å². The minimum absolute atomic E-state index is 0.0265. The summed E-state index contributed by atoms with van der Waals surface area (Å²) >= 11 is 0. The summed E-state index contributed by atoms with van der Waals surface area (Å²) in [5.74, 6) is 0.565. The van der Waals surface area contributed by atoms with E-state index in [4.69, 9.17) is 14.6 Å². The maximum Gasteiger partial charge on any atom is 0.314 e. The summed E-state index contributed by atoms with van der Waals surface area (Å²) in [5, 5.41) is 14.2. The number of nitrogens with one attached hydrogen (secondary N) is 2. The lowest BCUT2D eigenvalue weighted by atomic mass is 9.99. The lowest BCUT2D eigenvalue weighted by molar-refractivity contribution is 0.0344. The van der Waals surface area contributed by atoms with Crippen LogP contribution in [0.3, 0.4) is 0 Å². The van der Waals surface area contributed by atoms with Gasteiger partial charge in [0.1, 0.15) is 0 Å². The number of unbranched alkanes of at least 4 members (excludes halogenated alkanes) is 1. The third kappa shape index (κ3) is 13.9. The molecule has 0 aliphatic rings. The molecule has 2 amide bonds. The van der Waals surface area contributed by atoms with Crippen LogP contribution in [-0.2, 0) is 9.47 Å². The lowest BCUT2D eigenvalue weighted by Crippen LogP contribution is -2.39. The molecule has 0 rings (SSSR count). The van der Waals surface area contributed by atoms with E-state index >= 15 is 0 Å². The molecule has 0 aliphatic carbocycles. The van der Waals surface area contributed by atoms with Crippen LogP contribution in [0.25, 0.3) is 0 Å². The first-order valence-corrected chi connectivity index (χ1v) is 8.02. The van der Waals surface area contributed by atoms with Gasteiger partial charge in [-0.3, -0.25) is 0 Å². The van der Waals surface area contributed by atoms with Crippen LogP contribution < -0.4 is 10.6 Å². The maximum atomic E-state index is 11.6. The van der Waals surface area contributed by atoms with Crippen LogP contribution in [-0.4, -0.2) is 57.3 Å². The zero-order valence-corrected chi connectivity index (χ0v) is 13.5. The van der Waals surface area contributed by atoms with Gasteiger partial charge in [-0.15, -0.1) is 0 Å². The van der Waals surface area contributed by atoms with Crippen LogP contribution in [0.15, 0.2) is 0 Å². The van der Waals surface area contributed by atoms with Gasteiger partial charge in [0.15, 0.2) is 0 Å². The van der Waals surface area contributed by atoms with Crippen molar-refractivity contribution in [3.63, 3.8) is 0 Å². The van der Waals surface area contributed by atoms with Gasteiger partial charge in [0, 0.05) is 13.1 Å². The Bertz CT molecular complexity index is 240. The molecular weight excluding hydrogens is 272 g/mol. The molecule has 1 unspecified atom stereocenters. The highest BCUT2D eigenvalue weighted by Gasteiger charge is 2.07. The largest absolute Gasteiger partial charge is 0.394 e. The van der Waals surface area contributed by atoms with Crippen molar-refractivity contribution < 1.29 is 19.4 Å². The Morgan fingerprint density at radius 3 is 2.43 bits per heavy atom. The number of urea groups is 1. The summed E-state index contributed by atoms with van der Waals surface area (Å²) in [5.41, 5.74) is 0. The van der Waals surface area contributed by atoms with E-state index in [0.29, 0.717) is 38.9 Å². The first-order valence-electron chi connectivity index (χ1n) is 8.02. The molecule has 3 N–H and O–H groups in total. The second-order valence-electron chi connectivity index (χ2n) is 5.00. The first-order chi connectivity index (χ1) is 10.2. The van der Waals surface area contributed by atoms with Gasteiger partial charge in [-0.25, -0.2) is 4.79 Å². The molecule has 0 fully saturated rings. The lowest BCUT2D eigenvalue weighted by Gasteiger charge is -2.15. The number of hydrogen-bond acceptors (Lipinski definition) is 4. The minimum Gasteiger partial charge on any atom is -0.394 e. The molecule has 0 saturated heterocycles. The molecule has 21 heavy (non-hydrogen) atoms. The Morgan fingerprint density at radius 1 is 1.10 bits per heavy atom. The third-order valence-corrected chi connectivity index (χ3v) is 3.23. The van der Waals surface area contributed by atoms with Crippen molar-refractivity contribution in [2.75, 3.05) is 46.1 Å². The number of rotatable bonds is 14. The van der Waals surface area contributed by atoms with Crippen LogP contribution in [0.2, 0.25) is 0 Å². The second-order valence-corrected chi connectivity index (χ2v) is 5.00. The summed E-state index contributed by atoms with van der Waals surface area (Å²) in [4.78, 5) is 11.6. The summed E-state index contributed by atoms with van der Waals surface area (Å²) in [6.45, 7) is 7.31. The predicted molar refractivity (Wildman–Crippen MR) is 83.4 cm³/mol. The minimum atomic E-state index is -0.134. The van der Waals surface area contributed by atoms with Crippen molar-refractivity contribution in [1.29, 1.82) is 0 Å². The molecule has 6 heteroatoms. The molecule has 0 aliphatic heterocycles. The quantitative estimate of drug-likeness (QED) is 0.425. The monoisotopic (exact) mass is 304 g/mol. The number of aliphatic hydroxyl groups is 1. The zero-order valence-electron chi connectivity index (χ0n) is 13.5. The SMILES string of the molecule is CCCCC(CC)CNC(=O)NCCOCCOCCO. The normalized spacial score (nSPS) is 12.1. The van der Waals surface area contributed by atoms with Gasteiger partial charge in [-0.1, -0.05) is 33.1 Å². The molecule has 0 bridgehead atoms. The highest BCUT2D eigenvalue weighted by molar-refractivity contribution is 5.73. The number of carbonyl (C=O) groups is 1. The van der Waals surface area contributed by atoms with E-state index in [2.05, 4.69) is 24.5 Å². The van der Waals surface area contributed by atoms with Gasteiger partial charge in [-0.2, -0.15) is 0 Å². The molecule has 0 aromatic heterocycles. The van der Waals surface area contributed by atoms with E-state index in [0.717, 1.165) is 13.0 Å². The fourth-order valence-electron chi connectivity index (χ4n) is 1.87. The van der Waals surface area contributed by atoms with E-state index in [1.807, 2.05) is 0 Å². The molecule has 0 heterocycles. The van der Waals surface area contributed by atoms with Crippen molar-refractivity contribution in [2.24, 2.45) is 5.92 Å². The van der Waals surface area contributed by atoms with Crippen LogP contribution >= 0.6 is 0 Å². The van der Waals surface area contributed by atoms with Crippen molar-refractivity contribution in [1.82, 2.24) is 10.6 Å². The first kappa shape index (κ1) is 20.1. The van der Waals surface area contributed by atoms with Gasteiger partial charge in [0.25, 0.3) is 0 Å². The van der Waals surface area contributed by atoms with Crippen LogP contribution in [0.1, 0.15) is 39.5 Å². The molecule has 0 spiro atoms. The highest BCUT2D eigenvalue weighted by atomic mass is 16.5. The Labute approximate surface area is 128 Å². The van der Waals surface area contributed by atoms with E-state index in [-0.39, 0.29) is 12.6 Å². The Balaban J connectivity index is 3.40. The average Bonchev–Trinajstić information content (AvgIpc) is 2.50. The van der Waals surface area contributed by atoms with Crippen LogP contribution in [0.4, 0.5) is 4.79 Å². The van der Waals surface area contributed by atoms with E-state index in [1.165, 1.54) is 19.3 Å². The Morgan fingerprint density at radius 2 is 1.81 bits per heavy atom. The summed E-state index contributed by atoms with van der Waals surface area (Å²) in [6, 6.07) is -0.134. The highest BCUT2D eigenvalue weighted by Crippen LogP contribution is 2.10. The number of hydrogen-bond donors (Lipinski definition) is 3. The molecule has 126 valence electrons. The van der Waals surface area contributed by atoms with E-state index in [9.17, 15) is 4.79 Å². The van der Waals surface area contributed by atoms with E-state index < -0.39 is 0 Å². The summed E-state index contributed by atoms with van der Waals surface area (Å²) < 4.78 is 10.3. The molecule has 0 saturated carbocycles. The topological polar surface area (TPSA) is 79.8 Å². The van der Waals surface area contributed by atoms with Crippen molar-refractivity contribution in [3.05, 3.63) is 0 Å². The molecule has 1 atom stereocenters. The molecule has 6 nitrogen and oxygen atoms in total. The maximum absolute atomic E-state index is 11.6. The molecule has 0 radical (unpaired) electrons. The van der Waals surface area contributed by atoms with Gasteiger partial charge in [0.05, 0.1) is 33.0 Å². The number of amides is 2. The van der Waals surface area contributed by atoms with Crippen LogP contribution in [0, 0.1) is 5.92 Å². The fourth-order valence-corrected chi connectivity index (χ4v) is 1.87. The number of carbonyl (C=O) groups excluding carboxylic acids is 1. The van der Waals surface area contributed by atoms with E-state index in [1.54, 1.807) is 0 Å². The van der Waals surface area contributed by atoms with Crippen molar-refractivity contribution in [2.45, 2.75) is 39.5 Å². The standard InChI is InChI=1S/C15H32N2O4/c1-3-5-6-14(4-2)13-17-15(19)16-7-9-20-11-12-21-10-8-18/h14,18H,3-13H2,1-2H3,(H2,16,17,19). The van der Waals surface area contributed by atoms with Gasteiger partial charge in [0.2, 0.25) is 0 Å². The fraction of sp³-hybridized carbons (Fsp3) is 0.933. The van der Waals surface area contributed by atoms with Gasteiger partial charge < -0.3 is 25.2 Å². The van der Waals surface area contributed by atoms with Crippen molar-refractivity contribution >= 4 is 6.03 Å². The number of aliphatic hydroxyl groups excluding tert-OH is 1. The van der Waals surface area contributed by atoms with Crippen molar-refractivity contribution in [3.8, 4) is 0 Å². The van der Waals surface area contributed by atoms with Gasteiger partial charge >= 0.3 is 6.03 Å². The summed E-state index contributed by atoms with van der Waals surface area (Å²) in [6.07, 6.45) is 4.68. The Kier molecular flexibility index (Phi) is 14.9. The smallest absolute Gasteiger partial charge is 0.314 e. The number of ether oxygens (including phenoxy) is 2. The third-order valence-electron chi connectivity index (χ3n) is 3.23. The Hall–Kier alpha value is -0.850. The molecule has 0 aromatic carbocycles. The van der Waals surface area contributed by atoms with Gasteiger partial charge in [-0.05, 0) is 12.3 Å². The average molecular weight is 304 g/mol.